The molecule has 1 aromatic heterocycles. The van der Waals surface area contributed by atoms with Crippen molar-refractivity contribution in [2.45, 2.75) is 11.4 Å². The highest BCUT2D eigenvalue weighted by Crippen LogP contribution is 2.24. The van der Waals surface area contributed by atoms with E-state index in [4.69, 9.17) is 15.9 Å². The van der Waals surface area contributed by atoms with Crippen molar-refractivity contribution in [2.75, 3.05) is 14.2 Å². The van der Waals surface area contributed by atoms with E-state index in [0.29, 0.717) is 16.3 Å². The Balaban J connectivity index is 2.18. The molecule has 2 aromatic carbocycles. The van der Waals surface area contributed by atoms with Crippen LogP contribution in [0.3, 0.4) is 0 Å². The highest BCUT2D eigenvalue weighted by Gasteiger charge is 2.15. The number of fused-ring (bicyclic) bond motifs is 1. The Morgan fingerprint density at radius 1 is 1.12 bits per heavy atom. The zero-order valence-corrected chi connectivity index (χ0v) is 15.8. The molecule has 0 aliphatic heterocycles. The van der Waals surface area contributed by atoms with Gasteiger partial charge in [0, 0.05) is 0 Å². The van der Waals surface area contributed by atoms with Crippen molar-refractivity contribution >= 4 is 31.6 Å². The normalized spacial score (nSPS) is 12.1. The van der Waals surface area contributed by atoms with Crippen molar-refractivity contribution in [1.29, 1.82) is 0 Å². The first-order valence-electron chi connectivity index (χ1n) is 7.54. The number of nitrogens with zero attached hydrogens (tertiary/aromatic N) is 2. The van der Waals surface area contributed by atoms with Gasteiger partial charge >= 0.3 is 0 Å². The lowest BCUT2D eigenvalue weighted by Gasteiger charge is -2.03. The van der Waals surface area contributed by atoms with Gasteiger partial charge in [0.2, 0.25) is 4.80 Å². The smallest absolute Gasteiger partial charge is 0.285 e. The summed E-state index contributed by atoms with van der Waals surface area (Å²) in [4.78, 5) is 0.391. The second-order valence-corrected chi connectivity index (χ2v) is 7.86. The fourth-order valence-corrected chi connectivity index (χ4v) is 4.66. The summed E-state index contributed by atoms with van der Waals surface area (Å²) >= 11 is 1.24. The lowest BCUT2D eigenvalue weighted by atomic mass is 10.3. The molecule has 0 saturated heterocycles. The van der Waals surface area contributed by atoms with Gasteiger partial charge < -0.3 is 14.0 Å². The molecule has 6 nitrogen and oxygen atoms in total. The van der Waals surface area contributed by atoms with Gasteiger partial charge in [-0.2, -0.15) is 8.42 Å². The van der Waals surface area contributed by atoms with Crippen molar-refractivity contribution < 1.29 is 17.9 Å². The quantitative estimate of drug-likeness (QED) is 0.630. The maximum Gasteiger partial charge on any atom is 0.285 e. The molecule has 0 radical (unpaired) electrons. The minimum atomic E-state index is -3.88. The second kappa shape index (κ2) is 7.23. The number of hydrogen-bond donors (Lipinski definition) is 0. The van der Waals surface area contributed by atoms with Crippen LogP contribution in [0.1, 0.15) is 0 Å². The molecule has 134 valence electrons. The Bertz CT molecular complexity index is 1150. The molecule has 8 heteroatoms. The van der Waals surface area contributed by atoms with Crippen LogP contribution < -0.4 is 14.3 Å². The second-order valence-electron chi connectivity index (χ2n) is 5.25. The number of sulfonamides is 1. The summed E-state index contributed by atoms with van der Waals surface area (Å²) in [5, 5.41) is 0. The summed E-state index contributed by atoms with van der Waals surface area (Å²) < 4.78 is 42.1. The number of hydrogen-bond acceptors (Lipinski definition) is 5. The maximum atomic E-state index is 12.7. The van der Waals surface area contributed by atoms with Crippen molar-refractivity contribution in [3.8, 4) is 23.8 Å². The Hall–Kier alpha value is -2.76. The van der Waals surface area contributed by atoms with E-state index >= 15 is 0 Å². The summed E-state index contributed by atoms with van der Waals surface area (Å²) in [7, 11) is -0.794. The van der Waals surface area contributed by atoms with Crippen LogP contribution >= 0.6 is 11.3 Å². The summed E-state index contributed by atoms with van der Waals surface area (Å²) in [6.07, 6.45) is 5.45. The van der Waals surface area contributed by atoms with Crippen LogP contribution in [0.2, 0.25) is 0 Å². The maximum absolute atomic E-state index is 12.7. The van der Waals surface area contributed by atoms with E-state index in [1.54, 1.807) is 29.9 Å². The van der Waals surface area contributed by atoms with Gasteiger partial charge in [0.1, 0.15) is 11.5 Å². The van der Waals surface area contributed by atoms with Crippen LogP contribution in [-0.2, 0) is 16.6 Å². The lowest BCUT2D eigenvalue weighted by Crippen LogP contribution is -2.16. The number of terminal acetylenes is 1. The molecule has 0 N–H and O–H groups in total. The van der Waals surface area contributed by atoms with Crippen LogP contribution in [0.15, 0.2) is 51.8 Å². The third-order valence-corrected chi connectivity index (χ3v) is 6.13. The molecule has 0 unspecified atom stereocenters. The highest BCUT2D eigenvalue weighted by atomic mass is 32.2. The number of aromatic nitrogens is 1. The average Bonchev–Trinajstić information content (AvgIpc) is 2.97. The van der Waals surface area contributed by atoms with Crippen LogP contribution in [-0.4, -0.2) is 27.2 Å². The van der Waals surface area contributed by atoms with E-state index in [-0.39, 0.29) is 11.4 Å². The molecule has 0 saturated carbocycles. The fraction of sp³-hybridized carbons (Fsp3) is 0.167. The minimum Gasteiger partial charge on any atom is -0.497 e. The minimum absolute atomic E-state index is 0.0839. The topological polar surface area (TPSA) is 69.9 Å². The number of benzene rings is 2. The third-order valence-electron chi connectivity index (χ3n) is 3.69. The first kappa shape index (κ1) is 18.0. The molecule has 0 aliphatic rings. The zero-order valence-electron chi connectivity index (χ0n) is 14.2. The van der Waals surface area contributed by atoms with Crippen LogP contribution in [0.5, 0.6) is 11.5 Å². The number of thiazole rings is 1. The first-order chi connectivity index (χ1) is 12.5. The van der Waals surface area contributed by atoms with Crippen molar-refractivity contribution in [1.82, 2.24) is 4.57 Å². The molecule has 3 rings (SSSR count). The van der Waals surface area contributed by atoms with Gasteiger partial charge in [-0.25, -0.2) is 0 Å². The number of rotatable bonds is 5. The Labute approximate surface area is 155 Å². The molecule has 0 amide bonds. The van der Waals surface area contributed by atoms with Crippen LogP contribution in [0.25, 0.3) is 10.2 Å². The summed E-state index contributed by atoms with van der Waals surface area (Å²) in [5.74, 6) is 3.79. The number of methoxy groups -OCH3 is 2. The van der Waals surface area contributed by atoms with E-state index < -0.39 is 10.0 Å². The van der Waals surface area contributed by atoms with Crippen LogP contribution in [0, 0.1) is 12.3 Å². The van der Waals surface area contributed by atoms with Gasteiger partial charge in [-0.1, -0.05) is 17.3 Å². The van der Waals surface area contributed by atoms with Gasteiger partial charge in [-0.05, 0) is 42.5 Å². The molecule has 0 bridgehead atoms. The summed E-state index contributed by atoms with van der Waals surface area (Å²) in [6.45, 7) is 0.212. The standard InChI is InChI=1S/C18H16N2O4S2/c1-4-11-20-16-10-7-14(24-3)12-17(16)25-18(20)19-26(21,22)15-8-5-13(23-2)6-9-15/h1,5-10,12H,11H2,2-3H3/b19-18-. The molecular weight excluding hydrogens is 372 g/mol. The van der Waals surface area contributed by atoms with E-state index in [9.17, 15) is 8.42 Å². The average molecular weight is 388 g/mol. The van der Waals surface area contributed by atoms with Crippen molar-refractivity contribution in [3.63, 3.8) is 0 Å². The largest absolute Gasteiger partial charge is 0.497 e. The molecule has 26 heavy (non-hydrogen) atoms. The Morgan fingerprint density at radius 2 is 1.77 bits per heavy atom. The fourth-order valence-electron chi connectivity index (χ4n) is 2.40. The first-order valence-corrected chi connectivity index (χ1v) is 9.80. The van der Waals surface area contributed by atoms with E-state index in [1.165, 1.54) is 30.6 Å². The van der Waals surface area contributed by atoms with E-state index in [1.807, 2.05) is 12.1 Å². The zero-order chi connectivity index (χ0) is 18.7. The van der Waals surface area contributed by atoms with Gasteiger partial charge in [0.15, 0.2) is 0 Å². The molecule has 0 spiro atoms. The van der Waals surface area contributed by atoms with Crippen LogP contribution in [0.4, 0.5) is 0 Å². The van der Waals surface area contributed by atoms with Gasteiger partial charge in [-0.15, -0.1) is 10.8 Å². The highest BCUT2D eigenvalue weighted by molar-refractivity contribution is 7.90. The lowest BCUT2D eigenvalue weighted by molar-refractivity contribution is 0.414. The molecule has 1 heterocycles. The van der Waals surface area contributed by atoms with Crippen molar-refractivity contribution in [2.24, 2.45) is 4.40 Å². The Kier molecular flexibility index (Phi) is 5.02. The van der Waals surface area contributed by atoms with Crippen molar-refractivity contribution in [3.05, 3.63) is 47.3 Å². The monoisotopic (exact) mass is 388 g/mol. The van der Waals surface area contributed by atoms with Gasteiger partial charge in [0.05, 0.1) is 35.9 Å². The Morgan fingerprint density at radius 3 is 2.38 bits per heavy atom. The van der Waals surface area contributed by atoms with E-state index in [2.05, 4.69) is 10.3 Å². The van der Waals surface area contributed by atoms with Gasteiger partial charge in [-0.3, -0.25) is 0 Å². The predicted octanol–water partition coefficient (Wildman–Crippen LogP) is 2.64. The molecule has 0 atom stereocenters. The summed E-state index contributed by atoms with van der Waals surface area (Å²) in [6, 6.07) is 11.5. The third kappa shape index (κ3) is 3.45. The SMILES string of the molecule is C#CCn1/c(=N/S(=O)(=O)c2ccc(OC)cc2)sc2cc(OC)ccc21. The molecule has 0 aliphatic carbocycles. The predicted molar refractivity (Wildman–Crippen MR) is 101 cm³/mol. The van der Waals surface area contributed by atoms with Gasteiger partial charge in [0.25, 0.3) is 10.0 Å². The molecule has 0 fully saturated rings. The molecule has 3 aromatic rings. The van der Waals surface area contributed by atoms with E-state index in [0.717, 1.165) is 10.2 Å². The summed E-state index contributed by atoms with van der Waals surface area (Å²) in [5.41, 5.74) is 0.803. The number of ether oxygens (including phenoxy) is 2. The molecular formula is C18H16N2O4S2.